The summed E-state index contributed by atoms with van der Waals surface area (Å²) in [6, 6.07) is 0. The molecule has 0 aromatic rings. The Balaban J connectivity index is 2.64. The van der Waals surface area contributed by atoms with Gasteiger partial charge in [-0.15, -0.1) is 0 Å². The second-order valence-electron chi connectivity index (χ2n) is 1.50. The monoisotopic (exact) mass is 128 g/mol. The van der Waals surface area contributed by atoms with Crippen LogP contribution in [0.1, 0.15) is 0 Å². The van der Waals surface area contributed by atoms with E-state index in [9.17, 15) is 9.59 Å². The fourth-order valence-electron chi connectivity index (χ4n) is 0.407. The van der Waals surface area contributed by atoms with Gasteiger partial charge in [0, 0.05) is 0 Å². The standard InChI is InChI=1S/C5H4O4/c1-3-2-8-4(6)5(7)9-3/h1-2H2. The van der Waals surface area contributed by atoms with Crippen LogP contribution in [0.25, 0.3) is 0 Å². The van der Waals surface area contributed by atoms with Gasteiger partial charge in [-0.25, -0.2) is 9.59 Å². The molecule has 1 saturated heterocycles. The molecule has 1 aliphatic rings. The lowest BCUT2D eigenvalue weighted by Crippen LogP contribution is -2.27. The van der Waals surface area contributed by atoms with Gasteiger partial charge in [0.15, 0.2) is 0 Å². The summed E-state index contributed by atoms with van der Waals surface area (Å²) in [4.78, 5) is 20.4. The average Bonchev–Trinajstić information content (AvgIpc) is 1.80. The zero-order valence-corrected chi connectivity index (χ0v) is 4.55. The highest BCUT2D eigenvalue weighted by Crippen LogP contribution is 2.02. The molecule has 0 saturated carbocycles. The molecule has 0 amide bonds. The molecule has 0 aromatic carbocycles. The summed E-state index contributed by atoms with van der Waals surface area (Å²) in [5, 5.41) is 0. The lowest BCUT2D eigenvalue weighted by atomic mass is 10.5. The molecule has 0 bridgehead atoms. The van der Waals surface area contributed by atoms with Gasteiger partial charge < -0.3 is 9.47 Å². The van der Waals surface area contributed by atoms with E-state index in [2.05, 4.69) is 16.1 Å². The normalized spacial score (nSPS) is 18.9. The number of hydrogen-bond donors (Lipinski definition) is 0. The topological polar surface area (TPSA) is 52.6 Å². The van der Waals surface area contributed by atoms with E-state index in [0.717, 1.165) is 0 Å². The number of cyclic esters (lactones) is 2. The molecule has 48 valence electrons. The highest BCUT2D eigenvalue weighted by atomic mass is 16.6. The van der Waals surface area contributed by atoms with Crippen molar-refractivity contribution in [3.05, 3.63) is 12.3 Å². The first-order chi connectivity index (χ1) is 4.20. The van der Waals surface area contributed by atoms with Crippen LogP contribution in [0.15, 0.2) is 12.3 Å². The van der Waals surface area contributed by atoms with Crippen LogP contribution in [0.2, 0.25) is 0 Å². The number of carbonyl (C=O) groups excluding carboxylic acids is 2. The zero-order chi connectivity index (χ0) is 6.85. The fourth-order valence-corrected chi connectivity index (χ4v) is 0.407. The molecule has 1 heterocycles. The molecule has 0 N–H and O–H groups in total. The van der Waals surface area contributed by atoms with Crippen LogP contribution >= 0.6 is 0 Å². The number of ether oxygens (including phenoxy) is 2. The Labute approximate surface area is 51.1 Å². The van der Waals surface area contributed by atoms with Crippen molar-refractivity contribution in [2.24, 2.45) is 0 Å². The maximum atomic E-state index is 10.2. The van der Waals surface area contributed by atoms with Gasteiger partial charge >= 0.3 is 11.9 Å². The Hall–Kier alpha value is -1.32. The summed E-state index contributed by atoms with van der Waals surface area (Å²) >= 11 is 0. The summed E-state index contributed by atoms with van der Waals surface area (Å²) in [6.07, 6.45) is 0. The van der Waals surface area contributed by atoms with Gasteiger partial charge in [0.25, 0.3) is 0 Å². The third-order valence-electron chi connectivity index (χ3n) is 0.768. The Morgan fingerprint density at radius 3 is 2.44 bits per heavy atom. The van der Waals surface area contributed by atoms with E-state index in [4.69, 9.17) is 0 Å². The van der Waals surface area contributed by atoms with Crippen LogP contribution in [0.3, 0.4) is 0 Å². The van der Waals surface area contributed by atoms with E-state index < -0.39 is 11.9 Å². The van der Waals surface area contributed by atoms with E-state index in [1.165, 1.54) is 0 Å². The van der Waals surface area contributed by atoms with Gasteiger partial charge in [0.1, 0.15) is 12.4 Å². The molecule has 0 radical (unpaired) electrons. The Bertz CT molecular complexity index is 181. The summed E-state index contributed by atoms with van der Waals surface area (Å²) in [5.41, 5.74) is 0. The van der Waals surface area contributed by atoms with Crippen LogP contribution in [0, 0.1) is 0 Å². The number of esters is 2. The molecule has 9 heavy (non-hydrogen) atoms. The Morgan fingerprint density at radius 2 is 2.00 bits per heavy atom. The predicted molar refractivity (Wildman–Crippen MR) is 26.2 cm³/mol. The molecule has 0 aromatic heterocycles. The minimum Gasteiger partial charge on any atom is -0.449 e. The average molecular weight is 128 g/mol. The molecule has 0 spiro atoms. The smallest absolute Gasteiger partial charge is 0.422 e. The molecule has 1 fully saturated rings. The third kappa shape index (κ3) is 1.07. The molecule has 4 heteroatoms. The highest BCUT2D eigenvalue weighted by Gasteiger charge is 2.24. The quantitative estimate of drug-likeness (QED) is 0.329. The molecule has 0 atom stereocenters. The third-order valence-corrected chi connectivity index (χ3v) is 0.768. The van der Waals surface area contributed by atoms with E-state index >= 15 is 0 Å². The Kier molecular flexibility index (Phi) is 1.22. The van der Waals surface area contributed by atoms with Crippen molar-refractivity contribution < 1.29 is 19.1 Å². The van der Waals surface area contributed by atoms with Crippen molar-refractivity contribution in [3.63, 3.8) is 0 Å². The zero-order valence-electron chi connectivity index (χ0n) is 4.55. The van der Waals surface area contributed by atoms with Crippen LogP contribution in [0.5, 0.6) is 0 Å². The van der Waals surface area contributed by atoms with Crippen LogP contribution in [-0.2, 0) is 19.1 Å². The lowest BCUT2D eigenvalue weighted by Gasteiger charge is -2.11. The molecular formula is C5H4O4. The van der Waals surface area contributed by atoms with Crippen molar-refractivity contribution >= 4 is 11.9 Å². The summed E-state index contributed by atoms with van der Waals surface area (Å²) in [5.74, 6) is -1.78. The van der Waals surface area contributed by atoms with Crippen LogP contribution in [-0.4, -0.2) is 18.5 Å². The largest absolute Gasteiger partial charge is 0.449 e. The molecule has 1 aliphatic heterocycles. The van der Waals surface area contributed by atoms with Gasteiger partial charge in [-0.1, -0.05) is 6.58 Å². The van der Waals surface area contributed by atoms with Gasteiger partial charge in [-0.05, 0) is 0 Å². The van der Waals surface area contributed by atoms with E-state index in [1.807, 2.05) is 0 Å². The molecule has 1 rings (SSSR count). The fraction of sp³-hybridized carbons (Fsp3) is 0.200. The number of hydrogen-bond acceptors (Lipinski definition) is 4. The van der Waals surface area contributed by atoms with Crippen molar-refractivity contribution in [3.8, 4) is 0 Å². The van der Waals surface area contributed by atoms with Crippen molar-refractivity contribution in [1.82, 2.24) is 0 Å². The van der Waals surface area contributed by atoms with Crippen molar-refractivity contribution in [2.45, 2.75) is 0 Å². The van der Waals surface area contributed by atoms with Crippen LogP contribution < -0.4 is 0 Å². The molecule has 0 unspecified atom stereocenters. The summed E-state index contributed by atoms with van der Waals surface area (Å²) < 4.78 is 8.58. The Morgan fingerprint density at radius 1 is 1.33 bits per heavy atom. The van der Waals surface area contributed by atoms with Gasteiger partial charge in [0.05, 0.1) is 0 Å². The predicted octanol–water partition coefficient (Wildman–Crippen LogP) is -0.400. The maximum Gasteiger partial charge on any atom is 0.422 e. The summed E-state index contributed by atoms with van der Waals surface area (Å²) in [7, 11) is 0. The van der Waals surface area contributed by atoms with Gasteiger partial charge in [-0.2, -0.15) is 0 Å². The SMILES string of the molecule is C=C1COC(=O)C(=O)O1. The molecular weight excluding hydrogens is 124 g/mol. The van der Waals surface area contributed by atoms with E-state index in [1.54, 1.807) is 0 Å². The van der Waals surface area contributed by atoms with Gasteiger partial charge in [0.2, 0.25) is 0 Å². The molecule has 4 nitrogen and oxygen atoms in total. The highest BCUT2D eigenvalue weighted by molar-refractivity contribution is 6.30. The first kappa shape index (κ1) is 5.81. The number of rotatable bonds is 0. The van der Waals surface area contributed by atoms with E-state index in [0.29, 0.717) is 0 Å². The van der Waals surface area contributed by atoms with E-state index in [-0.39, 0.29) is 12.4 Å². The summed E-state index contributed by atoms with van der Waals surface area (Å²) in [6.45, 7) is 3.26. The minimum atomic E-state index is -0.994. The maximum absolute atomic E-state index is 10.2. The minimum absolute atomic E-state index is 0.0232. The second-order valence-corrected chi connectivity index (χ2v) is 1.50. The van der Waals surface area contributed by atoms with Crippen molar-refractivity contribution in [2.75, 3.05) is 6.61 Å². The van der Waals surface area contributed by atoms with Crippen molar-refractivity contribution in [1.29, 1.82) is 0 Å². The van der Waals surface area contributed by atoms with Crippen LogP contribution in [0.4, 0.5) is 0 Å². The second kappa shape index (κ2) is 1.89. The first-order valence-electron chi connectivity index (χ1n) is 2.27. The molecule has 0 aliphatic carbocycles. The lowest BCUT2D eigenvalue weighted by molar-refractivity contribution is -0.171. The van der Waals surface area contributed by atoms with Gasteiger partial charge in [-0.3, -0.25) is 0 Å². The number of carbonyl (C=O) groups is 2. The first-order valence-corrected chi connectivity index (χ1v) is 2.27.